The van der Waals surface area contributed by atoms with E-state index in [1.54, 1.807) is 32.6 Å². The number of rotatable bonds is 11. The van der Waals surface area contributed by atoms with Gasteiger partial charge in [0.2, 0.25) is 12.0 Å². The van der Waals surface area contributed by atoms with Crippen molar-refractivity contribution in [2.24, 2.45) is 16.5 Å². The van der Waals surface area contributed by atoms with E-state index in [0.29, 0.717) is 36.1 Å². The molecule has 8 rings (SSSR count). The number of nitrogens with two attached hydrogens (primary N) is 2. The summed E-state index contributed by atoms with van der Waals surface area (Å²) in [5.41, 5.74) is 15.7. The lowest BCUT2D eigenvalue weighted by molar-refractivity contribution is -0.848. The topological polar surface area (TPSA) is 251 Å². The summed E-state index contributed by atoms with van der Waals surface area (Å²) in [6, 6.07) is 7.38. The van der Waals surface area contributed by atoms with E-state index in [0.717, 1.165) is 58.6 Å². The number of aliphatic hydroxyl groups excluding tert-OH is 3. The van der Waals surface area contributed by atoms with Crippen LogP contribution in [0.25, 0.3) is 0 Å². The number of nitrogens with zero attached hydrogens (tertiary/aromatic N) is 1. The molecule has 1 saturated carbocycles. The summed E-state index contributed by atoms with van der Waals surface area (Å²) in [5.74, 6) is -0.781. The van der Waals surface area contributed by atoms with E-state index in [1.165, 1.54) is 0 Å². The molecular formula is C38H44N4O13. The Morgan fingerprint density at radius 3 is 2.56 bits per heavy atom. The van der Waals surface area contributed by atoms with Gasteiger partial charge in [-0.15, -0.1) is 0 Å². The van der Waals surface area contributed by atoms with Crippen LogP contribution in [-0.4, -0.2) is 102 Å². The summed E-state index contributed by atoms with van der Waals surface area (Å²) in [5, 5.41) is 43.9. The Kier molecular flexibility index (Phi) is 9.73. The van der Waals surface area contributed by atoms with Crippen molar-refractivity contribution in [2.75, 3.05) is 20.8 Å². The first kappa shape index (κ1) is 37.2. The van der Waals surface area contributed by atoms with Crippen molar-refractivity contribution in [3.63, 3.8) is 0 Å². The summed E-state index contributed by atoms with van der Waals surface area (Å²) in [6.07, 6.45) is -4.21. The zero-order valence-corrected chi connectivity index (χ0v) is 30.2. The standard InChI is InChI=1S/C38H44N4O13/c1-49-22-6-5-20-27-33(53-31(20)32(22)50-2)26-18(15-42-14-17-7-10-41-21(17)16-42)11-19(12-23(26)55-38(27)8-3-4-9-38)51-37-30(48)28(46)29(47)34(54-37)35(36(39)40)52-25(45)13-24(43)44/h5-7,10-12,14,27-30,33-37,46-48H,3-4,8-9,13,15-16,39-40H2,1-2H3,(H,43,44). The van der Waals surface area contributed by atoms with Crippen LogP contribution in [0.15, 0.2) is 53.3 Å². The van der Waals surface area contributed by atoms with Crippen molar-refractivity contribution in [1.29, 1.82) is 0 Å². The maximum atomic E-state index is 12.3. The molecule has 2 aromatic rings. The number of carbonyl (C=O) groups is 2. The van der Waals surface area contributed by atoms with Crippen LogP contribution in [0.5, 0.6) is 28.7 Å². The molecule has 8 N–H and O–H groups in total. The van der Waals surface area contributed by atoms with Gasteiger partial charge in [-0.05, 0) is 43.9 Å². The number of fused-ring (bicyclic) bond motifs is 7. The molecule has 5 heterocycles. The molecule has 5 aliphatic heterocycles. The molecule has 17 heteroatoms. The molecular weight excluding hydrogens is 720 g/mol. The van der Waals surface area contributed by atoms with E-state index in [2.05, 4.69) is 11.2 Å². The lowest BCUT2D eigenvalue weighted by Crippen LogP contribution is -3.05. The Balaban J connectivity index is 1.18. The van der Waals surface area contributed by atoms with Gasteiger partial charge in [0.05, 0.1) is 44.3 Å². The number of methoxy groups -OCH3 is 2. The average Bonchev–Trinajstić information content (AvgIpc) is 3.94. The Morgan fingerprint density at radius 1 is 1.09 bits per heavy atom. The predicted molar refractivity (Wildman–Crippen MR) is 187 cm³/mol. The molecule has 17 nitrogen and oxygen atoms in total. The third-order valence-electron chi connectivity index (χ3n) is 11.3. The number of aliphatic imine (C=N–C) groups is 1. The van der Waals surface area contributed by atoms with E-state index < -0.39 is 73.0 Å². The van der Waals surface area contributed by atoms with Crippen molar-refractivity contribution in [1.82, 2.24) is 0 Å². The molecule has 294 valence electrons. The van der Waals surface area contributed by atoms with E-state index in [4.69, 9.17) is 44.6 Å². The van der Waals surface area contributed by atoms with E-state index in [1.807, 2.05) is 18.2 Å². The molecule has 9 atom stereocenters. The Bertz CT molecular complexity index is 1960. The smallest absolute Gasteiger partial charge is 0.311 e. The summed E-state index contributed by atoms with van der Waals surface area (Å²) < 4.78 is 42.8. The van der Waals surface area contributed by atoms with E-state index >= 15 is 0 Å². The minimum Gasteiger partial charge on any atom is -0.550 e. The molecule has 1 saturated heterocycles. The highest BCUT2D eigenvalue weighted by atomic mass is 16.7. The van der Waals surface area contributed by atoms with Crippen LogP contribution in [0.4, 0.5) is 0 Å². The number of ether oxygens (including phenoxy) is 7. The number of allylic oxidation sites excluding steroid dienone is 1. The third-order valence-corrected chi connectivity index (χ3v) is 11.3. The van der Waals surface area contributed by atoms with Crippen molar-refractivity contribution in [3.8, 4) is 28.7 Å². The molecule has 0 aromatic heterocycles. The zero-order valence-electron chi connectivity index (χ0n) is 30.2. The number of hydrogen-bond acceptors (Lipinski definition) is 16. The molecule has 2 aromatic carbocycles. The van der Waals surface area contributed by atoms with Gasteiger partial charge in [0, 0.05) is 29.0 Å². The third kappa shape index (κ3) is 6.48. The quantitative estimate of drug-likeness (QED) is 0.0853. The van der Waals surface area contributed by atoms with Crippen LogP contribution < -0.4 is 45.2 Å². The minimum absolute atomic E-state index is 0.167. The first-order valence-corrected chi connectivity index (χ1v) is 18.3. The van der Waals surface area contributed by atoms with Crippen LogP contribution >= 0.6 is 0 Å². The molecule has 1 spiro atoms. The number of carboxylic acids is 1. The maximum absolute atomic E-state index is 12.3. The van der Waals surface area contributed by atoms with Crippen molar-refractivity contribution < 1.29 is 68.1 Å². The number of hydrogen-bond donors (Lipinski definition) is 6. The minimum atomic E-state index is -1.87. The number of nitrogens with one attached hydrogen (secondary N) is 1. The molecule has 1 aliphatic carbocycles. The van der Waals surface area contributed by atoms with Crippen LogP contribution in [0.2, 0.25) is 0 Å². The molecule has 6 aliphatic rings. The van der Waals surface area contributed by atoms with Gasteiger partial charge in [-0.3, -0.25) is 14.7 Å². The number of aliphatic carboxylic acids is 1. The molecule has 2 fully saturated rings. The lowest BCUT2D eigenvalue weighted by atomic mass is 9.73. The predicted octanol–water partition coefficient (Wildman–Crippen LogP) is -1.64. The summed E-state index contributed by atoms with van der Waals surface area (Å²) in [6.45, 7) is 1.10. The summed E-state index contributed by atoms with van der Waals surface area (Å²) in [4.78, 5) is 28.9. The average molecular weight is 765 g/mol. The summed E-state index contributed by atoms with van der Waals surface area (Å²) in [7, 11) is 3.16. The first-order chi connectivity index (χ1) is 26.4. The molecule has 0 radical (unpaired) electrons. The highest BCUT2D eigenvalue weighted by molar-refractivity contribution is 6.06. The van der Waals surface area contributed by atoms with Gasteiger partial charge in [0.1, 0.15) is 72.6 Å². The second-order valence-electron chi connectivity index (χ2n) is 14.7. The van der Waals surface area contributed by atoms with Crippen molar-refractivity contribution in [2.45, 2.75) is 99.2 Å². The van der Waals surface area contributed by atoms with Crippen LogP contribution in [0, 0.1) is 0 Å². The fourth-order valence-corrected chi connectivity index (χ4v) is 8.92. The van der Waals surface area contributed by atoms with Gasteiger partial charge in [0.25, 0.3) is 0 Å². The fourth-order valence-electron chi connectivity index (χ4n) is 8.92. The van der Waals surface area contributed by atoms with Gasteiger partial charge >= 0.3 is 5.97 Å². The van der Waals surface area contributed by atoms with Crippen LogP contribution in [0.3, 0.4) is 0 Å². The monoisotopic (exact) mass is 764 g/mol. The van der Waals surface area contributed by atoms with Gasteiger partial charge < -0.3 is 69.8 Å². The van der Waals surface area contributed by atoms with Gasteiger partial charge in [0.15, 0.2) is 17.6 Å². The number of esters is 1. The Labute approximate surface area is 315 Å². The number of aliphatic hydroxyl groups is 3. The zero-order chi connectivity index (χ0) is 38.8. The van der Waals surface area contributed by atoms with Crippen molar-refractivity contribution >= 4 is 17.7 Å². The SMILES string of the molecule is COc1ccc2c(c1OC)OC1c3c(C[NH+]4C=C5C=CN=C5C4)cc(OC4OC(C(OC(=O)CC(=O)[O-])C(N)N)C(O)C(O)C4O)cc3OC3(CCCC3)C21. The van der Waals surface area contributed by atoms with E-state index in [9.17, 15) is 30.0 Å². The van der Waals surface area contributed by atoms with E-state index in [-0.39, 0.29) is 11.7 Å². The second-order valence-corrected chi connectivity index (χ2v) is 14.7. The molecule has 9 unspecified atom stereocenters. The lowest BCUT2D eigenvalue weighted by Gasteiger charge is -2.45. The Morgan fingerprint density at radius 2 is 1.87 bits per heavy atom. The normalized spacial score (nSPS) is 30.0. The van der Waals surface area contributed by atoms with Crippen LogP contribution in [-0.2, 0) is 25.6 Å². The molecule has 0 bridgehead atoms. The largest absolute Gasteiger partial charge is 0.550 e. The first-order valence-electron chi connectivity index (χ1n) is 18.3. The highest BCUT2D eigenvalue weighted by Gasteiger charge is 2.58. The number of carboxylic acid groups (broad SMARTS) is 1. The van der Waals surface area contributed by atoms with Gasteiger partial charge in [-0.2, -0.15) is 0 Å². The molecule has 0 amide bonds. The number of benzene rings is 2. The second kappa shape index (κ2) is 14.4. The number of quaternary nitrogens is 1. The highest BCUT2D eigenvalue weighted by Crippen LogP contribution is 2.64. The molecule has 55 heavy (non-hydrogen) atoms. The number of carbonyl (C=O) groups excluding carboxylic acids is 2. The van der Waals surface area contributed by atoms with Crippen LogP contribution in [0.1, 0.15) is 60.8 Å². The Hall–Kier alpha value is -4.75. The van der Waals surface area contributed by atoms with Crippen molar-refractivity contribution in [3.05, 3.63) is 65.0 Å². The van der Waals surface area contributed by atoms with Gasteiger partial charge in [-0.1, -0.05) is 6.07 Å². The van der Waals surface area contributed by atoms with Gasteiger partial charge in [-0.25, -0.2) is 0 Å². The fraction of sp³-hybridized carbons (Fsp3) is 0.500. The summed E-state index contributed by atoms with van der Waals surface area (Å²) >= 11 is 0. The maximum Gasteiger partial charge on any atom is 0.311 e.